The number of aromatic nitrogens is 2. The molecule has 6 aliphatic rings. The summed E-state index contributed by atoms with van der Waals surface area (Å²) in [6, 6.07) is 23.1. The van der Waals surface area contributed by atoms with Gasteiger partial charge in [0.15, 0.2) is 0 Å². The van der Waals surface area contributed by atoms with Gasteiger partial charge in [-0.15, -0.1) is 13.2 Å². The van der Waals surface area contributed by atoms with Crippen molar-refractivity contribution < 1.29 is 60.1 Å². The second-order valence-electron chi connectivity index (χ2n) is 23.5. The average Bonchev–Trinajstić information content (AvgIpc) is 1.54. The number of hydrogen-bond donors (Lipinski definition) is 3. The molecular formula is C65H80N6O13S2. The lowest BCUT2D eigenvalue weighted by Crippen LogP contribution is -2.41. The van der Waals surface area contributed by atoms with E-state index in [9.17, 15) is 41.1 Å². The monoisotopic (exact) mass is 1220 g/mol. The average molecular weight is 1220 g/mol. The summed E-state index contributed by atoms with van der Waals surface area (Å²) in [4.78, 5) is 51.6. The number of fused-ring (bicyclic) bond motifs is 14. The fraction of sp³-hybridized carbons (Fsp3) is 0.446. The van der Waals surface area contributed by atoms with Gasteiger partial charge in [-0.3, -0.25) is 14.4 Å². The number of methoxy groups -OCH3 is 4. The highest BCUT2D eigenvalue weighted by Gasteiger charge is 2.65. The van der Waals surface area contributed by atoms with E-state index in [4.69, 9.17) is 24.1 Å². The Bertz CT molecular complexity index is 3900. The number of amides is 1. The molecule has 6 aromatic rings. The smallest absolute Gasteiger partial charge is 0.335 e. The van der Waals surface area contributed by atoms with Crippen molar-refractivity contribution in [1.29, 1.82) is 0 Å². The van der Waals surface area contributed by atoms with Crippen LogP contribution in [0.15, 0.2) is 98.1 Å². The quantitative estimate of drug-likeness (QED) is 0.0640. The molecule has 86 heavy (non-hydrogen) atoms. The lowest BCUT2D eigenvalue weighted by Gasteiger charge is -2.24. The maximum absolute atomic E-state index is 13.3. The molecular weight excluding hydrogens is 1140 g/mol. The zero-order valence-corrected chi connectivity index (χ0v) is 50.8. The normalized spacial score (nSPS) is 21.0. The fourth-order valence-electron chi connectivity index (χ4n) is 14.0. The predicted octanol–water partition coefficient (Wildman–Crippen LogP) is 10.8. The van der Waals surface area contributed by atoms with Crippen LogP contribution in [-0.2, 0) is 52.6 Å². The van der Waals surface area contributed by atoms with Crippen LogP contribution in [0, 0.1) is 10.8 Å². The molecule has 4 atom stereocenters. The maximum Gasteiger partial charge on any atom is 0.335 e. The molecule has 0 spiro atoms. The number of nitrogens with zero attached hydrogens (tertiary/aromatic N) is 4. The Morgan fingerprint density at radius 3 is 1.44 bits per heavy atom. The number of carboxylic acids is 1. The van der Waals surface area contributed by atoms with Crippen LogP contribution in [0.4, 0.5) is 0 Å². The molecule has 0 bridgehead atoms. The second kappa shape index (κ2) is 24.8. The van der Waals surface area contributed by atoms with E-state index in [1.807, 2.05) is 30.3 Å². The first-order valence-electron chi connectivity index (χ1n) is 28.9. The minimum absolute atomic E-state index is 0. The molecule has 21 heteroatoms. The summed E-state index contributed by atoms with van der Waals surface area (Å²) in [6.45, 7) is 8.14. The second-order valence-corrected chi connectivity index (χ2v) is 26.9. The minimum atomic E-state index is -4.05. The molecule has 4 aromatic carbocycles. The summed E-state index contributed by atoms with van der Waals surface area (Å²) in [6.07, 6.45) is 15.9. The topological polar surface area (TPSA) is 248 Å². The highest BCUT2D eigenvalue weighted by Crippen LogP contribution is 2.67. The third-order valence-electron chi connectivity index (χ3n) is 18.6. The molecule has 2 aromatic heterocycles. The van der Waals surface area contributed by atoms with E-state index in [1.165, 1.54) is 77.3 Å². The van der Waals surface area contributed by atoms with Crippen molar-refractivity contribution in [3.8, 4) is 34.0 Å². The van der Waals surface area contributed by atoms with E-state index in [1.54, 1.807) is 38.5 Å². The first-order valence-corrected chi connectivity index (χ1v) is 31.9. The van der Waals surface area contributed by atoms with Crippen LogP contribution in [0.5, 0.6) is 11.5 Å². The van der Waals surface area contributed by atoms with E-state index in [0.29, 0.717) is 31.3 Å². The SMILES string of the molecule is C.C=CCN(C)S(=O)(=O)NC(=O)c1ccc2c(C3CCCCC3)c3n(c2c1)CC1(C(=O)OC)CC1c1cc(OC)ccc1-3.C=CCN(C)S(N)(=O)=O.COC(=O)C12CC1c1cc(OC)ccc1-c1c(C3CCCCC3)c3ccc(C(=O)O)cc3n1C2. The van der Waals surface area contributed by atoms with Gasteiger partial charge in [0.25, 0.3) is 16.1 Å². The summed E-state index contributed by atoms with van der Waals surface area (Å²) in [5.74, 6) is 0.213. The van der Waals surface area contributed by atoms with Crippen LogP contribution in [0.25, 0.3) is 44.3 Å². The number of rotatable bonds is 15. The zero-order chi connectivity index (χ0) is 60.9. The Kier molecular flexibility index (Phi) is 18.2. The van der Waals surface area contributed by atoms with Crippen molar-refractivity contribution >= 4 is 66.0 Å². The maximum atomic E-state index is 13.3. The van der Waals surface area contributed by atoms with Crippen molar-refractivity contribution in [2.45, 2.75) is 121 Å². The van der Waals surface area contributed by atoms with Crippen molar-refractivity contribution in [2.24, 2.45) is 16.0 Å². The molecule has 0 saturated heterocycles. The number of carbonyl (C=O) groups excluding carboxylic acids is 3. The molecule has 12 rings (SSSR count). The van der Waals surface area contributed by atoms with E-state index in [0.717, 1.165) is 121 Å². The highest BCUT2D eigenvalue weighted by molar-refractivity contribution is 7.87. The van der Waals surface area contributed by atoms with Gasteiger partial charge in [0.2, 0.25) is 0 Å². The van der Waals surface area contributed by atoms with Gasteiger partial charge in [-0.1, -0.05) is 70.2 Å². The summed E-state index contributed by atoms with van der Waals surface area (Å²) < 4.78 is 76.6. The van der Waals surface area contributed by atoms with Crippen LogP contribution < -0.4 is 19.3 Å². The Morgan fingerprint density at radius 2 is 1.06 bits per heavy atom. The number of likely N-dealkylation sites (N-methyl/N-ethyl adjacent to an activating group) is 2. The number of hydrogen-bond acceptors (Lipinski definition) is 12. The number of carbonyl (C=O) groups is 4. The van der Waals surface area contributed by atoms with Gasteiger partial charge in [-0.05, 0) is 133 Å². The molecule has 19 nitrogen and oxygen atoms in total. The van der Waals surface area contributed by atoms with Crippen molar-refractivity contribution in [3.63, 3.8) is 0 Å². The molecule has 0 radical (unpaired) electrons. The van der Waals surface area contributed by atoms with Gasteiger partial charge in [-0.25, -0.2) is 14.7 Å². The van der Waals surface area contributed by atoms with Crippen molar-refractivity contribution in [2.75, 3.05) is 55.6 Å². The van der Waals surface area contributed by atoms with E-state index in [2.05, 4.69) is 45.2 Å². The minimum Gasteiger partial charge on any atom is -0.497 e. The third-order valence-corrected chi connectivity index (χ3v) is 21.0. The predicted molar refractivity (Wildman–Crippen MR) is 332 cm³/mol. The first-order chi connectivity index (χ1) is 40.6. The summed E-state index contributed by atoms with van der Waals surface area (Å²) >= 11 is 0. The number of benzene rings is 4. The molecule has 4 saturated carbocycles. The van der Waals surface area contributed by atoms with Crippen molar-refractivity contribution in [3.05, 3.63) is 131 Å². The molecule has 1 amide bonds. The number of ether oxygens (including phenoxy) is 4. The van der Waals surface area contributed by atoms with Crippen LogP contribution >= 0.6 is 0 Å². The van der Waals surface area contributed by atoms with E-state index < -0.39 is 43.1 Å². The van der Waals surface area contributed by atoms with E-state index in [-0.39, 0.29) is 55.4 Å². The van der Waals surface area contributed by atoms with Gasteiger partial charge in [0, 0.05) is 90.6 Å². The number of esters is 2. The van der Waals surface area contributed by atoms with Gasteiger partial charge < -0.3 is 33.2 Å². The largest absolute Gasteiger partial charge is 0.497 e. The number of carboxylic acid groups (broad SMARTS) is 1. The number of nitrogens with two attached hydrogens (primary N) is 1. The molecule has 4 aliphatic carbocycles. The molecule has 4 unspecified atom stereocenters. The van der Waals surface area contributed by atoms with Crippen LogP contribution in [-0.4, -0.2) is 119 Å². The Hall–Kier alpha value is -7.30. The highest BCUT2D eigenvalue weighted by atomic mass is 32.2. The Morgan fingerprint density at radius 1 is 0.640 bits per heavy atom. The summed E-state index contributed by atoms with van der Waals surface area (Å²) in [5.41, 5.74) is 9.98. The fourth-order valence-corrected chi connectivity index (χ4v) is 15.2. The lowest BCUT2D eigenvalue weighted by atomic mass is 9.81. The van der Waals surface area contributed by atoms with E-state index >= 15 is 0 Å². The molecule has 460 valence electrons. The summed E-state index contributed by atoms with van der Waals surface area (Å²) in [7, 11) is 1.41. The van der Waals surface area contributed by atoms with Crippen LogP contribution in [0.1, 0.15) is 151 Å². The van der Waals surface area contributed by atoms with Gasteiger partial charge >= 0.3 is 28.1 Å². The van der Waals surface area contributed by atoms with Gasteiger partial charge in [0.05, 0.1) is 56.2 Å². The zero-order valence-electron chi connectivity index (χ0n) is 49.1. The van der Waals surface area contributed by atoms with Crippen molar-refractivity contribution in [1.82, 2.24) is 22.5 Å². The number of aromatic carboxylic acids is 1. The Labute approximate surface area is 504 Å². The lowest BCUT2D eigenvalue weighted by molar-refractivity contribution is -0.148. The van der Waals surface area contributed by atoms with Crippen LogP contribution in [0.2, 0.25) is 0 Å². The van der Waals surface area contributed by atoms with Gasteiger partial charge in [-0.2, -0.15) is 25.4 Å². The molecule has 2 aliphatic heterocycles. The standard InChI is InChI=1S/C32H37N3O6S.C28H29NO5.C4H10N2O2S.CH4/c1-5-15-34(2)42(38,39)33-30(36)21-11-13-24-27(16-21)35-19-32(31(37)41-4)18-26(32)25-17-22(40-3)12-14-23(25)29(35)28(24)20-9-7-6-8-10-20;1-33-18-9-11-19-21(13-18)22-14-28(22,27(32)34-2)15-29-23-12-17(26(30)31)8-10-20(23)24(25(19)29)16-6-4-3-5-7-16;1-3-4-6(2)9(5,7)8;/h5,11-14,16-17,20,26H,1,6-10,15,18-19H2,2-4H3,(H,33,36);8-13,16,22H,3-7,14-15H2,1-2H3,(H,30,31);3H,1,4H2,2H3,(H2,5,7,8);1H4. The van der Waals surface area contributed by atoms with Gasteiger partial charge in [0.1, 0.15) is 11.5 Å². The third kappa shape index (κ3) is 11.5. The summed E-state index contributed by atoms with van der Waals surface area (Å²) in [5, 5.41) is 16.6. The van der Waals surface area contributed by atoms with Crippen LogP contribution in [0.3, 0.4) is 0 Å². The first kappa shape index (κ1) is 63.2. The number of nitrogens with one attached hydrogen (secondary N) is 1. The molecule has 4 N–H and O–H groups in total. The Balaban J connectivity index is 0.000000181. The molecule has 4 fully saturated rings. The molecule has 4 heterocycles.